The zero-order valence-electron chi connectivity index (χ0n) is 11.8. The standard InChI is InChI=1S/C15H20N2O3/c1-3-17(9-10(2)15(19)20)14(18)13-8-11-6-4-5-7-12(11)16-13/h4-7,10,13,16H,3,8-9H2,1-2H3,(H,19,20)/t10?,13-/m0/s1. The molecule has 0 saturated carbocycles. The summed E-state index contributed by atoms with van der Waals surface area (Å²) in [6.45, 7) is 4.26. The molecule has 0 bridgehead atoms. The van der Waals surface area contributed by atoms with Crippen LogP contribution in [0.1, 0.15) is 19.4 Å². The summed E-state index contributed by atoms with van der Waals surface area (Å²) in [6, 6.07) is 7.57. The van der Waals surface area contributed by atoms with E-state index in [4.69, 9.17) is 5.11 Å². The third-order valence-corrected chi connectivity index (χ3v) is 3.68. The fraction of sp³-hybridized carbons (Fsp3) is 0.467. The lowest BCUT2D eigenvalue weighted by Gasteiger charge is -2.26. The maximum absolute atomic E-state index is 12.5. The first-order valence-electron chi connectivity index (χ1n) is 6.89. The van der Waals surface area contributed by atoms with E-state index in [1.54, 1.807) is 11.8 Å². The van der Waals surface area contributed by atoms with Gasteiger partial charge in [-0.05, 0) is 18.6 Å². The van der Waals surface area contributed by atoms with Crippen LogP contribution in [0.15, 0.2) is 24.3 Å². The summed E-state index contributed by atoms with van der Waals surface area (Å²) in [5.74, 6) is -1.46. The normalized spacial score (nSPS) is 18.0. The number of carboxylic acids is 1. The van der Waals surface area contributed by atoms with Crippen molar-refractivity contribution < 1.29 is 14.7 Å². The van der Waals surface area contributed by atoms with E-state index in [9.17, 15) is 9.59 Å². The highest BCUT2D eigenvalue weighted by atomic mass is 16.4. The summed E-state index contributed by atoms with van der Waals surface area (Å²) in [4.78, 5) is 25.0. The third kappa shape index (κ3) is 2.92. The average molecular weight is 276 g/mol. The van der Waals surface area contributed by atoms with E-state index in [1.807, 2.05) is 31.2 Å². The van der Waals surface area contributed by atoms with Gasteiger partial charge in [0.25, 0.3) is 0 Å². The molecule has 1 aromatic rings. The van der Waals surface area contributed by atoms with Gasteiger partial charge in [-0.3, -0.25) is 9.59 Å². The molecule has 1 aliphatic rings. The number of carbonyl (C=O) groups is 2. The van der Waals surface area contributed by atoms with Crippen LogP contribution in [0.4, 0.5) is 5.69 Å². The van der Waals surface area contributed by atoms with Gasteiger partial charge in [0.2, 0.25) is 5.91 Å². The van der Waals surface area contributed by atoms with Crippen LogP contribution < -0.4 is 5.32 Å². The number of hydrogen-bond donors (Lipinski definition) is 2. The maximum atomic E-state index is 12.5. The van der Waals surface area contributed by atoms with Crippen LogP contribution in [0, 0.1) is 5.92 Å². The summed E-state index contributed by atoms with van der Waals surface area (Å²) in [5, 5.41) is 12.2. The molecule has 0 radical (unpaired) electrons. The fourth-order valence-electron chi connectivity index (χ4n) is 2.45. The second-order valence-electron chi connectivity index (χ2n) is 5.17. The molecule has 2 rings (SSSR count). The Morgan fingerprint density at radius 1 is 1.45 bits per heavy atom. The number of amides is 1. The van der Waals surface area contributed by atoms with Gasteiger partial charge in [0.15, 0.2) is 0 Å². The number of fused-ring (bicyclic) bond motifs is 1. The first-order valence-corrected chi connectivity index (χ1v) is 6.89. The van der Waals surface area contributed by atoms with Crippen LogP contribution in [0.2, 0.25) is 0 Å². The number of benzene rings is 1. The van der Waals surface area contributed by atoms with E-state index in [-0.39, 0.29) is 18.5 Å². The molecule has 0 spiro atoms. The van der Waals surface area contributed by atoms with Gasteiger partial charge in [0.1, 0.15) is 6.04 Å². The van der Waals surface area contributed by atoms with Gasteiger partial charge >= 0.3 is 5.97 Å². The summed E-state index contributed by atoms with van der Waals surface area (Å²) >= 11 is 0. The van der Waals surface area contributed by atoms with Crippen molar-refractivity contribution in [2.24, 2.45) is 5.92 Å². The smallest absolute Gasteiger partial charge is 0.308 e. The number of para-hydroxylation sites is 1. The monoisotopic (exact) mass is 276 g/mol. The van der Waals surface area contributed by atoms with Gasteiger partial charge in [-0.2, -0.15) is 0 Å². The number of carbonyl (C=O) groups excluding carboxylic acids is 1. The first kappa shape index (κ1) is 14.4. The summed E-state index contributed by atoms with van der Waals surface area (Å²) in [6.07, 6.45) is 0.660. The second-order valence-corrected chi connectivity index (χ2v) is 5.17. The Bertz CT molecular complexity index is 491. The molecule has 1 heterocycles. The summed E-state index contributed by atoms with van der Waals surface area (Å²) < 4.78 is 0. The van der Waals surface area contributed by atoms with Crippen molar-refractivity contribution in [3.8, 4) is 0 Å². The van der Waals surface area contributed by atoms with Crippen molar-refractivity contribution in [3.05, 3.63) is 29.8 Å². The predicted molar refractivity (Wildman–Crippen MR) is 76.6 cm³/mol. The Kier molecular flexibility index (Phi) is 4.27. The van der Waals surface area contributed by atoms with E-state index < -0.39 is 11.9 Å². The van der Waals surface area contributed by atoms with Crippen molar-refractivity contribution in [2.75, 3.05) is 18.4 Å². The maximum Gasteiger partial charge on any atom is 0.308 e. The summed E-state index contributed by atoms with van der Waals surface area (Å²) in [7, 11) is 0. The number of nitrogens with one attached hydrogen (secondary N) is 1. The molecule has 108 valence electrons. The number of likely N-dealkylation sites (N-methyl/N-ethyl adjacent to an activating group) is 1. The van der Waals surface area contributed by atoms with Crippen molar-refractivity contribution >= 4 is 17.6 Å². The van der Waals surface area contributed by atoms with Crippen LogP contribution in [0.5, 0.6) is 0 Å². The van der Waals surface area contributed by atoms with Crippen molar-refractivity contribution in [1.29, 1.82) is 0 Å². The topological polar surface area (TPSA) is 69.6 Å². The third-order valence-electron chi connectivity index (χ3n) is 3.68. The Labute approximate surface area is 118 Å². The highest BCUT2D eigenvalue weighted by Crippen LogP contribution is 2.26. The van der Waals surface area contributed by atoms with Crippen molar-refractivity contribution in [2.45, 2.75) is 26.3 Å². The van der Waals surface area contributed by atoms with Crippen LogP contribution in [-0.2, 0) is 16.0 Å². The average Bonchev–Trinajstić information content (AvgIpc) is 2.87. The van der Waals surface area contributed by atoms with Gasteiger partial charge in [0, 0.05) is 25.2 Å². The number of anilines is 1. The zero-order valence-corrected chi connectivity index (χ0v) is 11.8. The Morgan fingerprint density at radius 3 is 2.75 bits per heavy atom. The molecule has 0 fully saturated rings. The van der Waals surface area contributed by atoms with Gasteiger partial charge < -0.3 is 15.3 Å². The molecular weight excluding hydrogens is 256 g/mol. The van der Waals surface area contributed by atoms with Gasteiger partial charge in [-0.25, -0.2) is 0 Å². The fourth-order valence-corrected chi connectivity index (χ4v) is 2.45. The molecule has 1 aliphatic heterocycles. The highest BCUT2D eigenvalue weighted by molar-refractivity contribution is 5.87. The lowest BCUT2D eigenvalue weighted by atomic mass is 10.1. The number of aliphatic carboxylic acids is 1. The molecule has 5 nitrogen and oxygen atoms in total. The van der Waals surface area contributed by atoms with E-state index in [1.165, 1.54) is 0 Å². The zero-order chi connectivity index (χ0) is 14.7. The largest absolute Gasteiger partial charge is 0.481 e. The molecule has 0 saturated heterocycles. The van der Waals surface area contributed by atoms with Crippen LogP contribution in [0.25, 0.3) is 0 Å². The van der Waals surface area contributed by atoms with Crippen LogP contribution in [0.3, 0.4) is 0 Å². The molecule has 1 unspecified atom stereocenters. The first-order chi connectivity index (χ1) is 9.52. The number of carboxylic acid groups (broad SMARTS) is 1. The van der Waals surface area contributed by atoms with Crippen LogP contribution in [-0.4, -0.2) is 41.0 Å². The molecule has 20 heavy (non-hydrogen) atoms. The minimum atomic E-state index is -0.876. The van der Waals surface area contributed by atoms with Gasteiger partial charge in [0.05, 0.1) is 5.92 Å². The van der Waals surface area contributed by atoms with Crippen molar-refractivity contribution in [1.82, 2.24) is 4.90 Å². The lowest BCUT2D eigenvalue weighted by Crippen LogP contribution is -2.44. The molecule has 1 amide bonds. The second kappa shape index (κ2) is 5.94. The molecule has 0 aliphatic carbocycles. The lowest BCUT2D eigenvalue weighted by molar-refractivity contribution is -0.143. The SMILES string of the molecule is CCN(CC(C)C(=O)O)C(=O)[C@@H]1Cc2ccccc2N1. The molecule has 2 atom stereocenters. The van der Waals surface area contributed by atoms with Crippen LogP contribution >= 0.6 is 0 Å². The number of hydrogen-bond acceptors (Lipinski definition) is 3. The Balaban J connectivity index is 2.02. The molecule has 0 aromatic heterocycles. The number of nitrogens with zero attached hydrogens (tertiary/aromatic N) is 1. The molecule has 1 aromatic carbocycles. The Morgan fingerprint density at radius 2 is 2.15 bits per heavy atom. The molecule has 2 N–H and O–H groups in total. The van der Waals surface area contributed by atoms with E-state index in [0.29, 0.717) is 13.0 Å². The van der Waals surface area contributed by atoms with E-state index >= 15 is 0 Å². The highest BCUT2D eigenvalue weighted by Gasteiger charge is 2.30. The van der Waals surface area contributed by atoms with Gasteiger partial charge in [-0.15, -0.1) is 0 Å². The Hall–Kier alpha value is -2.04. The van der Waals surface area contributed by atoms with Crippen molar-refractivity contribution in [3.63, 3.8) is 0 Å². The minimum Gasteiger partial charge on any atom is -0.481 e. The van der Waals surface area contributed by atoms with Gasteiger partial charge in [-0.1, -0.05) is 25.1 Å². The van der Waals surface area contributed by atoms with E-state index in [0.717, 1.165) is 11.3 Å². The molecule has 5 heteroatoms. The van der Waals surface area contributed by atoms with E-state index in [2.05, 4.69) is 5.32 Å². The number of rotatable bonds is 5. The predicted octanol–water partition coefficient (Wildman–Crippen LogP) is 1.59. The minimum absolute atomic E-state index is 0.0307. The molecular formula is C15H20N2O3. The summed E-state index contributed by atoms with van der Waals surface area (Å²) in [5.41, 5.74) is 2.13. The quantitative estimate of drug-likeness (QED) is 0.857.